The van der Waals surface area contributed by atoms with E-state index in [1.165, 1.54) is 0 Å². The van der Waals surface area contributed by atoms with Crippen LogP contribution in [0.5, 0.6) is 0 Å². The largest absolute Gasteiger partial charge is 0.386 e. The summed E-state index contributed by atoms with van der Waals surface area (Å²) >= 11 is 0. The Morgan fingerprint density at radius 1 is 1.10 bits per heavy atom. The van der Waals surface area contributed by atoms with Gasteiger partial charge >= 0.3 is 0 Å². The third-order valence-corrected chi connectivity index (χ3v) is 3.22. The van der Waals surface area contributed by atoms with E-state index in [1.54, 1.807) is 31.4 Å². The molecule has 0 heterocycles. The van der Waals surface area contributed by atoms with Crippen LogP contribution >= 0.6 is 0 Å². The third-order valence-electron chi connectivity index (χ3n) is 3.22. The van der Waals surface area contributed by atoms with Crippen LogP contribution < -0.4 is 5.32 Å². The maximum absolute atomic E-state index is 12.2. The fourth-order valence-electron chi connectivity index (χ4n) is 2.12. The number of hydrogen-bond donors (Lipinski definition) is 2. The number of amides is 1. The minimum Gasteiger partial charge on any atom is -0.386 e. The second-order valence-electron chi connectivity index (χ2n) is 4.76. The highest BCUT2D eigenvalue weighted by Gasteiger charge is 2.23. The van der Waals surface area contributed by atoms with Gasteiger partial charge in [0.05, 0.1) is 12.6 Å². The SMILES string of the molecule is COC[C@H](NC(=O)c1ccccc1)[C@@H](O)c1ccccc1. The zero-order valence-electron chi connectivity index (χ0n) is 11.9. The number of ether oxygens (including phenoxy) is 1. The monoisotopic (exact) mass is 285 g/mol. The summed E-state index contributed by atoms with van der Waals surface area (Å²) in [7, 11) is 1.54. The summed E-state index contributed by atoms with van der Waals surface area (Å²) in [6.07, 6.45) is -0.821. The molecule has 0 bridgehead atoms. The van der Waals surface area contributed by atoms with Crippen LogP contribution in [-0.2, 0) is 4.74 Å². The topological polar surface area (TPSA) is 58.6 Å². The van der Waals surface area contributed by atoms with Crippen molar-refractivity contribution in [2.45, 2.75) is 12.1 Å². The van der Waals surface area contributed by atoms with Gasteiger partial charge in [-0.2, -0.15) is 0 Å². The molecule has 0 unspecified atom stereocenters. The van der Waals surface area contributed by atoms with Crippen molar-refractivity contribution in [3.05, 3.63) is 71.8 Å². The molecule has 0 fully saturated rings. The van der Waals surface area contributed by atoms with Gasteiger partial charge in [0.15, 0.2) is 0 Å². The van der Waals surface area contributed by atoms with Crippen molar-refractivity contribution in [2.75, 3.05) is 13.7 Å². The highest BCUT2D eigenvalue weighted by Crippen LogP contribution is 2.17. The first-order chi connectivity index (χ1) is 10.2. The van der Waals surface area contributed by atoms with E-state index >= 15 is 0 Å². The molecule has 0 radical (unpaired) electrons. The standard InChI is InChI=1S/C17H19NO3/c1-21-12-15(16(19)13-8-4-2-5-9-13)18-17(20)14-10-6-3-7-11-14/h2-11,15-16,19H,12H2,1H3,(H,18,20)/t15-,16-/m0/s1. The lowest BCUT2D eigenvalue weighted by molar-refractivity contribution is 0.0594. The quantitative estimate of drug-likeness (QED) is 0.855. The molecule has 2 N–H and O–H groups in total. The molecule has 2 atom stereocenters. The van der Waals surface area contributed by atoms with E-state index in [1.807, 2.05) is 36.4 Å². The average molecular weight is 285 g/mol. The van der Waals surface area contributed by atoms with Crippen LogP contribution in [0.2, 0.25) is 0 Å². The Hall–Kier alpha value is -2.17. The lowest BCUT2D eigenvalue weighted by Gasteiger charge is -2.24. The Balaban J connectivity index is 2.10. The number of hydrogen-bond acceptors (Lipinski definition) is 3. The summed E-state index contributed by atoms with van der Waals surface area (Å²) < 4.78 is 5.11. The van der Waals surface area contributed by atoms with Crippen LogP contribution in [-0.4, -0.2) is 30.8 Å². The van der Waals surface area contributed by atoms with Gasteiger partial charge in [-0.25, -0.2) is 0 Å². The molecule has 0 saturated heterocycles. The average Bonchev–Trinajstić information content (AvgIpc) is 2.55. The summed E-state index contributed by atoms with van der Waals surface area (Å²) in [6.45, 7) is 0.231. The van der Waals surface area contributed by atoms with Gasteiger partial charge in [0.1, 0.15) is 6.10 Å². The smallest absolute Gasteiger partial charge is 0.251 e. The van der Waals surface area contributed by atoms with Crippen molar-refractivity contribution in [3.8, 4) is 0 Å². The lowest BCUT2D eigenvalue weighted by atomic mass is 10.0. The van der Waals surface area contributed by atoms with Gasteiger partial charge in [-0.3, -0.25) is 4.79 Å². The molecule has 4 heteroatoms. The molecule has 0 saturated carbocycles. The zero-order valence-corrected chi connectivity index (χ0v) is 11.9. The molecule has 21 heavy (non-hydrogen) atoms. The normalized spacial score (nSPS) is 13.4. The lowest BCUT2D eigenvalue weighted by Crippen LogP contribution is -2.42. The summed E-state index contributed by atoms with van der Waals surface area (Å²) in [6, 6.07) is 17.6. The molecule has 0 aliphatic carbocycles. The molecule has 0 aliphatic rings. The predicted molar refractivity (Wildman–Crippen MR) is 81.0 cm³/mol. The molecule has 0 aliphatic heterocycles. The van der Waals surface area contributed by atoms with Gasteiger partial charge in [-0.15, -0.1) is 0 Å². The minimum absolute atomic E-state index is 0.229. The van der Waals surface area contributed by atoms with E-state index in [0.717, 1.165) is 5.56 Å². The van der Waals surface area contributed by atoms with Crippen LogP contribution in [0.3, 0.4) is 0 Å². The minimum atomic E-state index is -0.821. The van der Waals surface area contributed by atoms with Gasteiger partial charge in [0, 0.05) is 12.7 Å². The molecule has 4 nitrogen and oxygen atoms in total. The Kier molecular flexibility index (Phi) is 5.49. The second-order valence-corrected chi connectivity index (χ2v) is 4.76. The van der Waals surface area contributed by atoms with E-state index in [0.29, 0.717) is 5.56 Å². The fourth-order valence-corrected chi connectivity index (χ4v) is 2.12. The Labute approximate surface area is 124 Å². The van der Waals surface area contributed by atoms with Gasteiger partial charge in [-0.1, -0.05) is 48.5 Å². The number of carbonyl (C=O) groups excluding carboxylic acids is 1. The van der Waals surface area contributed by atoms with Crippen molar-refractivity contribution in [3.63, 3.8) is 0 Å². The van der Waals surface area contributed by atoms with Crippen molar-refractivity contribution >= 4 is 5.91 Å². The van der Waals surface area contributed by atoms with E-state index < -0.39 is 12.1 Å². The molecular weight excluding hydrogens is 266 g/mol. The highest BCUT2D eigenvalue weighted by atomic mass is 16.5. The van der Waals surface area contributed by atoms with Gasteiger partial charge < -0.3 is 15.2 Å². The van der Waals surface area contributed by atoms with E-state index in [9.17, 15) is 9.90 Å². The van der Waals surface area contributed by atoms with Crippen molar-refractivity contribution in [1.82, 2.24) is 5.32 Å². The molecule has 0 spiro atoms. The van der Waals surface area contributed by atoms with Crippen molar-refractivity contribution in [2.24, 2.45) is 0 Å². The van der Waals surface area contributed by atoms with Crippen LogP contribution in [0.25, 0.3) is 0 Å². The van der Waals surface area contributed by atoms with Gasteiger partial charge in [0.2, 0.25) is 0 Å². The number of carbonyl (C=O) groups is 1. The Morgan fingerprint density at radius 3 is 2.24 bits per heavy atom. The maximum atomic E-state index is 12.2. The van der Waals surface area contributed by atoms with E-state index in [-0.39, 0.29) is 12.5 Å². The van der Waals surface area contributed by atoms with Crippen molar-refractivity contribution < 1.29 is 14.6 Å². The number of methoxy groups -OCH3 is 1. The molecule has 2 rings (SSSR count). The van der Waals surface area contributed by atoms with Crippen LogP contribution in [0.1, 0.15) is 22.0 Å². The molecule has 1 amide bonds. The van der Waals surface area contributed by atoms with E-state index in [4.69, 9.17) is 4.74 Å². The summed E-state index contributed by atoms with van der Waals surface area (Å²) in [5, 5.41) is 13.2. The van der Waals surface area contributed by atoms with Crippen molar-refractivity contribution in [1.29, 1.82) is 0 Å². The van der Waals surface area contributed by atoms with Crippen LogP contribution in [0, 0.1) is 0 Å². The van der Waals surface area contributed by atoms with Crippen LogP contribution in [0.15, 0.2) is 60.7 Å². The molecule has 2 aromatic carbocycles. The first-order valence-corrected chi connectivity index (χ1v) is 6.80. The predicted octanol–water partition coefficient (Wildman–Crippen LogP) is 2.17. The highest BCUT2D eigenvalue weighted by molar-refractivity contribution is 5.94. The number of rotatable bonds is 6. The van der Waals surface area contributed by atoms with Crippen LogP contribution in [0.4, 0.5) is 0 Å². The van der Waals surface area contributed by atoms with E-state index in [2.05, 4.69) is 5.32 Å². The Morgan fingerprint density at radius 2 is 1.67 bits per heavy atom. The summed E-state index contributed by atoms with van der Waals surface area (Å²) in [5.41, 5.74) is 1.30. The number of benzene rings is 2. The molecule has 0 aromatic heterocycles. The molecular formula is C17H19NO3. The number of nitrogens with one attached hydrogen (secondary N) is 1. The number of aliphatic hydroxyl groups is 1. The third kappa shape index (κ3) is 4.15. The van der Waals surface area contributed by atoms with Gasteiger partial charge in [-0.05, 0) is 17.7 Å². The van der Waals surface area contributed by atoms with Gasteiger partial charge in [0.25, 0.3) is 5.91 Å². The molecule has 2 aromatic rings. The maximum Gasteiger partial charge on any atom is 0.251 e. The summed E-state index contributed by atoms with van der Waals surface area (Å²) in [5.74, 6) is -0.229. The first kappa shape index (κ1) is 15.2. The fraction of sp³-hybridized carbons (Fsp3) is 0.235. The first-order valence-electron chi connectivity index (χ1n) is 6.80. The summed E-state index contributed by atoms with van der Waals surface area (Å²) in [4.78, 5) is 12.2. The Bertz CT molecular complexity index is 557. The molecule has 110 valence electrons. The second kappa shape index (κ2) is 7.57. The zero-order chi connectivity index (χ0) is 15.1. The number of aliphatic hydroxyl groups excluding tert-OH is 1.